The fourth-order valence-electron chi connectivity index (χ4n) is 2.61. The Bertz CT molecular complexity index is 877. The zero-order chi connectivity index (χ0) is 17.4. The molecule has 1 heterocycles. The number of amides is 2. The van der Waals surface area contributed by atoms with Gasteiger partial charge in [0.05, 0.1) is 30.4 Å². The van der Waals surface area contributed by atoms with Crippen LogP contribution in [0.3, 0.4) is 0 Å². The topological polar surface area (TPSA) is 99.0 Å². The van der Waals surface area contributed by atoms with Gasteiger partial charge in [0, 0.05) is 12.1 Å². The average molecular weight is 328 g/mol. The molecule has 8 heteroatoms. The van der Waals surface area contributed by atoms with Crippen molar-refractivity contribution in [1.29, 1.82) is 0 Å². The van der Waals surface area contributed by atoms with E-state index in [4.69, 9.17) is 9.47 Å². The molecule has 0 N–H and O–H groups in total. The van der Waals surface area contributed by atoms with E-state index in [0.717, 1.165) is 4.90 Å². The number of nitro groups is 1. The molecule has 0 unspecified atom stereocenters. The lowest BCUT2D eigenvalue weighted by Crippen LogP contribution is -2.29. The van der Waals surface area contributed by atoms with Gasteiger partial charge in [0.2, 0.25) is 0 Å². The van der Waals surface area contributed by atoms with Crippen molar-refractivity contribution in [1.82, 2.24) is 0 Å². The van der Waals surface area contributed by atoms with Crippen LogP contribution in [0.15, 0.2) is 36.4 Å². The van der Waals surface area contributed by atoms with Crippen molar-refractivity contribution >= 4 is 23.2 Å². The monoisotopic (exact) mass is 328 g/mol. The summed E-state index contributed by atoms with van der Waals surface area (Å²) in [6, 6.07) is 8.53. The second-order valence-corrected chi connectivity index (χ2v) is 4.94. The summed E-state index contributed by atoms with van der Waals surface area (Å²) in [4.78, 5) is 36.6. The van der Waals surface area contributed by atoms with Gasteiger partial charge in [-0.05, 0) is 18.2 Å². The number of nitro benzene ring substituents is 1. The summed E-state index contributed by atoms with van der Waals surface area (Å²) in [5.41, 5.74) is -0.433. The van der Waals surface area contributed by atoms with Crippen LogP contribution in [-0.4, -0.2) is 31.0 Å². The van der Waals surface area contributed by atoms with E-state index in [1.54, 1.807) is 6.07 Å². The summed E-state index contributed by atoms with van der Waals surface area (Å²) in [6.07, 6.45) is 0. The van der Waals surface area contributed by atoms with Crippen molar-refractivity contribution in [2.45, 2.75) is 0 Å². The van der Waals surface area contributed by atoms with E-state index in [0.29, 0.717) is 5.75 Å². The van der Waals surface area contributed by atoms with Crippen molar-refractivity contribution in [3.05, 3.63) is 57.6 Å². The Labute approximate surface area is 136 Å². The van der Waals surface area contributed by atoms with Gasteiger partial charge in [-0.25, -0.2) is 4.90 Å². The van der Waals surface area contributed by atoms with Crippen LogP contribution in [0.1, 0.15) is 20.7 Å². The molecular weight excluding hydrogens is 316 g/mol. The SMILES string of the molecule is COc1ccc(N2C(=O)c3cccc([N+](=O)[O-])c3C2=O)c(OC)c1. The highest BCUT2D eigenvalue weighted by molar-refractivity contribution is 6.36. The van der Waals surface area contributed by atoms with E-state index >= 15 is 0 Å². The molecule has 0 fully saturated rings. The predicted octanol–water partition coefficient (Wildman–Crippen LogP) is 2.41. The van der Waals surface area contributed by atoms with E-state index in [9.17, 15) is 19.7 Å². The van der Waals surface area contributed by atoms with Gasteiger partial charge in [-0.15, -0.1) is 0 Å². The second-order valence-electron chi connectivity index (χ2n) is 4.94. The van der Waals surface area contributed by atoms with E-state index in [1.807, 2.05) is 0 Å². The average Bonchev–Trinajstić information content (AvgIpc) is 2.85. The van der Waals surface area contributed by atoms with E-state index in [-0.39, 0.29) is 22.6 Å². The minimum absolute atomic E-state index is 0.00734. The van der Waals surface area contributed by atoms with Gasteiger partial charge in [0.1, 0.15) is 17.1 Å². The van der Waals surface area contributed by atoms with Gasteiger partial charge < -0.3 is 9.47 Å². The van der Waals surface area contributed by atoms with Crippen molar-refractivity contribution in [3.8, 4) is 11.5 Å². The smallest absolute Gasteiger partial charge is 0.283 e. The Balaban J connectivity index is 2.16. The van der Waals surface area contributed by atoms with Gasteiger partial charge in [-0.2, -0.15) is 0 Å². The molecule has 0 saturated heterocycles. The highest BCUT2D eigenvalue weighted by Crippen LogP contribution is 2.39. The standard InChI is InChI=1S/C16H12N2O6/c1-23-9-6-7-11(13(8-9)24-2)17-15(19)10-4-3-5-12(18(21)22)14(10)16(17)20/h3-8H,1-2H3. The fraction of sp³-hybridized carbons (Fsp3) is 0.125. The molecular formula is C16H12N2O6. The highest BCUT2D eigenvalue weighted by Gasteiger charge is 2.42. The third-order valence-corrected chi connectivity index (χ3v) is 3.72. The largest absolute Gasteiger partial charge is 0.497 e. The summed E-state index contributed by atoms with van der Waals surface area (Å²) in [5, 5.41) is 11.1. The zero-order valence-corrected chi connectivity index (χ0v) is 12.8. The van der Waals surface area contributed by atoms with Crippen molar-refractivity contribution in [3.63, 3.8) is 0 Å². The van der Waals surface area contributed by atoms with Crippen molar-refractivity contribution < 1.29 is 24.0 Å². The first-order valence-electron chi connectivity index (χ1n) is 6.87. The van der Waals surface area contributed by atoms with E-state index in [2.05, 4.69) is 0 Å². The molecule has 1 aliphatic heterocycles. The Morgan fingerprint density at radius 1 is 1.04 bits per heavy atom. The fourth-order valence-corrected chi connectivity index (χ4v) is 2.61. The number of imide groups is 1. The summed E-state index contributed by atoms with van der Waals surface area (Å²) in [6.45, 7) is 0. The minimum atomic E-state index is -0.759. The maximum Gasteiger partial charge on any atom is 0.283 e. The molecule has 122 valence electrons. The third kappa shape index (κ3) is 2.16. The van der Waals surface area contributed by atoms with Crippen LogP contribution in [0.5, 0.6) is 11.5 Å². The van der Waals surface area contributed by atoms with E-state index in [1.165, 1.54) is 44.6 Å². The number of fused-ring (bicyclic) bond motifs is 1. The van der Waals surface area contributed by atoms with Gasteiger partial charge in [0.25, 0.3) is 17.5 Å². The number of carbonyl (C=O) groups excluding carboxylic acids is 2. The number of nitrogens with zero attached hydrogens (tertiary/aromatic N) is 2. The number of ether oxygens (including phenoxy) is 2. The first kappa shape index (κ1) is 15.5. The maximum absolute atomic E-state index is 12.7. The first-order valence-corrected chi connectivity index (χ1v) is 6.87. The molecule has 2 aromatic carbocycles. The summed E-state index contributed by atoms with van der Waals surface area (Å²) < 4.78 is 10.3. The Hall–Kier alpha value is -3.42. The number of methoxy groups -OCH3 is 2. The van der Waals surface area contributed by atoms with Crippen LogP contribution in [0, 0.1) is 10.1 Å². The Morgan fingerprint density at radius 2 is 1.79 bits per heavy atom. The molecule has 0 radical (unpaired) electrons. The summed E-state index contributed by atoms with van der Waals surface area (Å²) >= 11 is 0. The van der Waals surface area contributed by atoms with Crippen LogP contribution in [0.4, 0.5) is 11.4 Å². The van der Waals surface area contributed by atoms with E-state index < -0.39 is 22.4 Å². The molecule has 0 aromatic heterocycles. The van der Waals surface area contributed by atoms with Crippen LogP contribution in [-0.2, 0) is 0 Å². The van der Waals surface area contributed by atoms with Crippen LogP contribution in [0.2, 0.25) is 0 Å². The summed E-state index contributed by atoms with van der Waals surface area (Å²) in [5.74, 6) is -0.669. The molecule has 8 nitrogen and oxygen atoms in total. The molecule has 3 rings (SSSR count). The van der Waals surface area contributed by atoms with Gasteiger partial charge in [0.15, 0.2) is 0 Å². The molecule has 0 saturated carbocycles. The second kappa shape index (κ2) is 5.65. The van der Waals surface area contributed by atoms with Crippen molar-refractivity contribution in [2.75, 3.05) is 19.1 Å². The van der Waals surface area contributed by atoms with Crippen LogP contribution in [0.25, 0.3) is 0 Å². The highest BCUT2D eigenvalue weighted by atomic mass is 16.6. The third-order valence-electron chi connectivity index (χ3n) is 3.72. The first-order chi connectivity index (χ1) is 11.5. The number of hydrogen-bond donors (Lipinski definition) is 0. The Morgan fingerprint density at radius 3 is 2.42 bits per heavy atom. The number of anilines is 1. The zero-order valence-electron chi connectivity index (χ0n) is 12.8. The molecule has 0 bridgehead atoms. The lowest BCUT2D eigenvalue weighted by Gasteiger charge is -2.17. The van der Waals surface area contributed by atoms with Gasteiger partial charge >= 0.3 is 0 Å². The van der Waals surface area contributed by atoms with Crippen molar-refractivity contribution in [2.24, 2.45) is 0 Å². The number of rotatable bonds is 4. The molecule has 0 aliphatic carbocycles. The molecule has 0 spiro atoms. The quantitative estimate of drug-likeness (QED) is 0.485. The molecule has 24 heavy (non-hydrogen) atoms. The molecule has 1 aliphatic rings. The lowest BCUT2D eigenvalue weighted by atomic mass is 10.1. The predicted molar refractivity (Wildman–Crippen MR) is 83.8 cm³/mol. The molecule has 2 aromatic rings. The molecule has 2 amide bonds. The van der Waals surface area contributed by atoms with Gasteiger partial charge in [-0.1, -0.05) is 6.07 Å². The van der Waals surface area contributed by atoms with Gasteiger partial charge in [-0.3, -0.25) is 19.7 Å². The lowest BCUT2D eigenvalue weighted by molar-refractivity contribution is -0.385. The van der Waals surface area contributed by atoms with Crippen LogP contribution >= 0.6 is 0 Å². The summed E-state index contributed by atoms with van der Waals surface area (Å²) in [7, 11) is 2.86. The minimum Gasteiger partial charge on any atom is -0.497 e. The molecule has 0 atom stereocenters. The number of hydrogen-bond acceptors (Lipinski definition) is 6. The number of carbonyl (C=O) groups is 2. The normalized spacial score (nSPS) is 13.0. The Kier molecular flexibility index (Phi) is 3.64. The van der Waals surface area contributed by atoms with Crippen LogP contribution < -0.4 is 14.4 Å². The number of benzene rings is 2. The maximum atomic E-state index is 12.7.